The molecule has 1 N–H and O–H groups in total. The molecule has 2 aliphatic rings. The Morgan fingerprint density at radius 1 is 1.03 bits per heavy atom. The van der Waals surface area contributed by atoms with Gasteiger partial charge in [-0.1, -0.05) is 35.3 Å². The maximum atomic E-state index is 12.7. The Labute approximate surface area is 184 Å². The van der Waals surface area contributed by atoms with Crippen LogP contribution < -0.4 is 14.8 Å². The number of benzene rings is 2. The number of piperidine rings is 1. The molecular weight excluding hydrogens is 427 g/mol. The summed E-state index contributed by atoms with van der Waals surface area (Å²) in [7, 11) is 0. The quantitative estimate of drug-likeness (QED) is 0.715. The minimum Gasteiger partial charge on any atom is -0.454 e. The summed E-state index contributed by atoms with van der Waals surface area (Å²) in [5, 5.41) is 3.68. The molecule has 0 saturated carbocycles. The number of rotatable bonds is 4. The highest BCUT2D eigenvalue weighted by Crippen LogP contribution is 2.32. The molecule has 2 aromatic carbocycles. The molecular formula is C22H20Cl2N2O4. The molecule has 0 atom stereocenters. The van der Waals surface area contributed by atoms with Gasteiger partial charge in [-0.3, -0.25) is 9.59 Å². The van der Waals surface area contributed by atoms with Crippen molar-refractivity contribution in [3.63, 3.8) is 0 Å². The van der Waals surface area contributed by atoms with Crippen LogP contribution in [0.1, 0.15) is 28.8 Å². The van der Waals surface area contributed by atoms with E-state index in [-0.39, 0.29) is 24.6 Å². The Hall–Kier alpha value is -2.70. The molecule has 2 amide bonds. The highest BCUT2D eigenvalue weighted by Gasteiger charge is 2.26. The molecule has 30 heavy (non-hydrogen) atoms. The van der Waals surface area contributed by atoms with Crippen LogP contribution in [0.25, 0.3) is 6.08 Å². The molecule has 2 aliphatic heterocycles. The Morgan fingerprint density at radius 3 is 2.47 bits per heavy atom. The fourth-order valence-corrected chi connectivity index (χ4v) is 4.08. The van der Waals surface area contributed by atoms with E-state index in [1.807, 2.05) is 18.2 Å². The van der Waals surface area contributed by atoms with E-state index in [1.165, 1.54) is 6.08 Å². The van der Waals surface area contributed by atoms with Gasteiger partial charge in [0.25, 0.3) is 5.91 Å². The average molecular weight is 447 g/mol. The first-order valence-corrected chi connectivity index (χ1v) is 10.4. The van der Waals surface area contributed by atoms with E-state index in [0.29, 0.717) is 53.0 Å². The van der Waals surface area contributed by atoms with Gasteiger partial charge < -0.3 is 19.7 Å². The van der Waals surface area contributed by atoms with E-state index in [1.54, 1.807) is 29.2 Å². The standard InChI is InChI=1S/C22H20Cl2N2O4/c23-16-2-1-3-17(24)21(16)22(28)26-10-8-15(9-11-26)25-20(27)7-5-14-4-6-18-19(12-14)30-13-29-18/h1-7,12,15H,8-11,13H2,(H,25,27)/b7-5+. The van der Waals surface area contributed by atoms with E-state index in [2.05, 4.69) is 5.32 Å². The molecule has 0 spiro atoms. The van der Waals surface area contributed by atoms with Gasteiger partial charge in [-0.05, 0) is 48.7 Å². The number of carbonyl (C=O) groups is 2. The molecule has 8 heteroatoms. The predicted molar refractivity (Wildman–Crippen MR) is 115 cm³/mol. The van der Waals surface area contributed by atoms with Crippen LogP contribution in [-0.2, 0) is 4.79 Å². The van der Waals surface area contributed by atoms with Crippen LogP contribution in [0, 0.1) is 0 Å². The third-order valence-electron chi connectivity index (χ3n) is 5.13. The van der Waals surface area contributed by atoms with Crippen molar-refractivity contribution < 1.29 is 19.1 Å². The SMILES string of the molecule is O=C(/C=C/c1ccc2c(c1)OCO2)NC1CCN(C(=O)c2c(Cl)cccc2Cl)CC1. The second-order valence-corrected chi connectivity index (χ2v) is 7.93. The van der Waals surface area contributed by atoms with E-state index in [0.717, 1.165) is 5.56 Å². The lowest BCUT2D eigenvalue weighted by atomic mass is 10.0. The maximum absolute atomic E-state index is 12.7. The van der Waals surface area contributed by atoms with Crippen LogP contribution in [0.3, 0.4) is 0 Å². The van der Waals surface area contributed by atoms with Gasteiger partial charge in [0.15, 0.2) is 11.5 Å². The van der Waals surface area contributed by atoms with Gasteiger partial charge in [0.1, 0.15) is 0 Å². The number of nitrogens with zero attached hydrogens (tertiary/aromatic N) is 1. The van der Waals surface area contributed by atoms with E-state index in [9.17, 15) is 9.59 Å². The van der Waals surface area contributed by atoms with Crippen molar-refractivity contribution in [1.29, 1.82) is 0 Å². The summed E-state index contributed by atoms with van der Waals surface area (Å²) in [6, 6.07) is 10.5. The lowest BCUT2D eigenvalue weighted by Gasteiger charge is -2.32. The third-order valence-corrected chi connectivity index (χ3v) is 5.76. The van der Waals surface area contributed by atoms with Crippen molar-refractivity contribution in [3.8, 4) is 11.5 Å². The van der Waals surface area contributed by atoms with Gasteiger partial charge in [0.05, 0.1) is 15.6 Å². The number of hydrogen-bond acceptors (Lipinski definition) is 4. The summed E-state index contributed by atoms with van der Waals surface area (Å²) in [6.45, 7) is 1.27. The van der Waals surface area contributed by atoms with Crippen molar-refractivity contribution in [1.82, 2.24) is 10.2 Å². The number of amides is 2. The largest absolute Gasteiger partial charge is 0.454 e. The van der Waals surface area contributed by atoms with Gasteiger partial charge in [0.2, 0.25) is 12.7 Å². The van der Waals surface area contributed by atoms with Crippen molar-refractivity contribution in [2.45, 2.75) is 18.9 Å². The molecule has 1 saturated heterocycles. The van der Waals surface area contributed by atoms with Gasteiger partial charge in [-0.15, -0.1) is 0 Å². The number of nitrogens with one attached hydrogen (secondary N) is 1. The summed E-state index contributed by atoms with van der Waals surface area (Å²) in [5.41, 5.74) is 1.18. The molecule has 4 rings (SSSR count). The van der Waals surface area contributed by atoms with E-state index >= 15 is 0 Å². The fourth-order valence-electron chi connectivity index (χ4n) is 3.53. The van der Waals surface area contributed by atoms with Crippen molar-refractivity contribution in [2.24, 2.45) is 0 Å². The second-order valence-electron chi connectivity index (χ2n) is 7.12. The summed E-state index contributed by atoms with van der Waals surface area (Å²) >= 11 is 12.3. The number of ether oxygens (including phenoxy) is 2. The fraction of sp³-hybridized carbons (Fsp3) is 0.273. The third kappa shape index (κ3) is 4.55. The van der Waals surface area contributed by atoms with Crippen molar-refractivity contribution >= 4 is 41.1 Å². The summed E-state index contributed by atoms with van der Waals surface area (Å²) < 4.78 is 10.6. The van der Waals surface area contributed by atoms with Crippen LogP contribution in [0.15, 0.2) is 42.5 Å². The van der Waals surface area contributed by atoms with Crippen LogP contribution in [0.2, 0.25) is 10.0 Å². The minimum atomic E-state index is -0.182. The predicted octanol–water partition coefficient (Wildman–Crippen LogP) is 4.16. The molecule has 2 heterocycles. The van der Waals surface area contributed by atoms with Crippen LogP contribution in [0.5, 0.6) is 11.5 Å². The highest BCUT2D eigenvalue weighted by molar-refractivity contribution is 6.39. The average Bonchev–Trinajstić information content (AvgIpc) is 3.20. The molecule has 0 bridgehead atoms. The van der Waals surface area contributed by atoms with Gasteiger partial charge in [-0.2, -0.15) is 0 Å². The first-order valence-electron chi connectivity index (χ1n) is 9.63. The minimum absolute atomic E-state index is 0.00433. The number of likely N-dealkylation sites (tertiary alicyclic amines) is 1. The van der Waals surface area contributed by atoms with Crippen LogP contribution in [-0.4, -0.2) is 42.6 Å². The lowest BCUT2D eigenvalue weighted by molar-refractivity contribution is -0.117. The molecule has 2 aromatic rings. The number of fused-ring (bicyclic) bond motifs is 1. The zero-order valence-corrected chi connectivity index (χ0v) is 17.6. The van der Waals surface area contributed by atoms with Crippen molar-refractivity contribution in [2.75, 3.05) is 19.9 Å². The Bertz CT molecular complexity index is 980. The Kier molecular flexibility index (Phi) is 6.16. The molecule has 0 aromatic heterocycles. The van der Waals surface area contributed by atoms with Crippen LogP contribution >= 0.6 is 23.2 Å². The van der Waals surface area contributed by atoms with Crippen LogP contribution in [0.4, 0.5) is 0 Å². The number of halogens is 2. The van der Waals surface area contributed by atoms with Gasteiger partial charge in [-0.25, -0.2) is 0 Å². The van der Waals surface area contributed by atoms with Crippen molar-refractivity contribution in [3.05, 3.63) is 63.6 Å². The van der Waals surface area contributed by atoms with Gasteiger partial charge in [0, 0.05) is 25.2 Å². The normalized spacial score (nSPS) is 16.1. The lowest BCUT2D eigenvalue weighted by Crippen LogP contribution is -2.46. The second kappa shape index (κ2) is 8.98. The Balaban J connectivity index is 1.29. The zero-order chi connectivity index (χ0) is 21.1. The molecule has 0 unspecified atom stereocenters. The first-order chi connectivity index (χ1) is 14.5. The summed E-state index contributed by atoms with van der Waals surface area (Å²) in [5.74, 6) is 1.02. The smallest absolute Gasteiger partial charge is 0.256 e. The molecule has 156 valence electrons. The molecule has 0 aliphatic carbocycles. The number of carbonyl (C=O) groups excluding carboxylic acids is 2. The maximum Gasteiger partial charge on any atom is 0.256 e. The van der Waals surface area contributed by atoms with E-state index in [4.69, 9.17) is 32.7 Å². The van der Waals surface area contributed by atoms with Gasteiger partial charge >= 0.3 is 0 Å². The van der Waals surface area contributed by atoms with E-state index < -0.39 is 0 Å². The topological polar surface area (TPSA) is 67.9 Å². The highest BCUT2D eigenvalue weighted by atomic mass is 35.5. The zero-order valence-electron chi connectivity index (χ0n) is 16.1. The molecule has 6 nitrogen and oxygen atoms in total. The summed E-state index contributed by atoms with van der Waals surface area (Å²) in [6.07, 6.45) is 4.56. The molecule has 1 fully saturated rings. The summed E-state index contributed by atoms with van der Waals surface area (Å²) in [4.78, 5) is 26.7. The Morgan fingerprint density at radius 2 is 1.73 bits per heavy atom. The molecule has 0 radical (unpaired) electrons. The first kappa shape index (κ1) is 20.6. The number of hydrogen-bond donors (Lipinski definition) is 1. The monoisotopic (exact) mass is 446 g/mol.